The molecule has 3 N–H and O–H groups in total. The van der Waals surface area contributed by atoms with Gasteiger partial charge in [-0.1, -0.05) is 29.8 Å². The predicted molar refractivity (Wildman–Crippen MR) is 76.4 cm³/mol. The molecule has 0 spiro atoms. The van der Waals surface area contributed by atoms with E-state index in [0.717, 1.165) is 11.1 Å². The first-order valence-electron chi connectivity index (χ1n) is 6.17. The van der Waals surface area contributed by atoms with Crippen LogP contribution < -0.4 is 5.73 Å². The molecule has 0 aliphatic heterocycles. The van der Waals surface area contributed by atoms with Crippen molar-refractivity contribution in [3.05, 3.63) is 54.1 Å². The van der Waals surface area contributed by atoms with Crippen LogP contribution in [0.2, 0.25) is 0 Å². The fraction of sp³-hybridized carbons (Fsp3) is 0.0667. The monoisotopic (exact) mass is 268 g/mol. The lowest BCUT2D eigenvalue weighted by Gasteiger charge is -2.06. The van der Waals surface area contributed by atoms with Crippen molar-refractivity contribution in [1.29, 1.82) is 0 Å². The van der Waals surface area contributed by atoms with E-state index in [1.54, 1.807) is 6.07 Å². The highest BCUT2D eigenvalue weighted by Crippen LogP contribution is 2.35. The Labute approximate surface area is 115 Å². The maximum absolute atomic E-state index is 13.9. The zero-order valence-electron chi connectivity index (χ0n) is 10.9. The normalized spacial score (nSPS) is 10.7. The van der Waals surface area contributed by atoms with Crippen LogP contribution >= 0.6 is 0 Å². The SMILES string of the molecule is Cc1ccc(-c2c(N)n[nH]c2-c2ccncc2F)cc1. The second-order valence-electron chi connectivity index (χ2n) is 4.58. The number of H-pyrrole nitrogens is 1. The molecule has 3 rings (SSSR count). The van der Waals surface area contributed by atoms with Gasteiger partial charge in [0.15, 0.2) is 11.6 Å². The molecule has 2 aromatic heterocycles. The molecule has 0 aliphatic carbocycles. The lowest BCUT2D eigenvalue weighted by atomic mass is 10.0. The quantitative estimate of drug-likeness (QED) is 0.750. The third-order valence-electron chi connectivity index (χ3n) is 3.18. The van der Waals surface area contributed by atoms with Crippen LogP contribution in [0.1, 0.15) is 5.56 Å². The summed E-state index contributed by atoms with van der Waals surface area (Å²) >= 11 is 0. The maximum atomic E-state index is 13.9. The minimum Gasteiger partial charge on any atom is -0.382 e. The second kappa shape index (κ2) is 4.77. The number of nitrogen functional groups attached to an aromatic ring is 1. The van der Waals surface area contributed by atoms with Crippen molar-refractivity contribution < 1.29 is 4.39 Å². The average Bonchev–Trinajstić information content (AvgIpc) is 2.82. The Morgan fingerprint density at radius 3 is 2.60 bits per heavy atom. The van der Waals surface area contributed by atoms with Gasteiger partial charge in [0.2, 0.25) is 0 Å². The van der Waals surface area contributed by atoms with Crippen molar-refractivity contribution in [1.82, 2.24) is 15.2 Å². The van der Waals surface area contributed by atoms with Gasteiger partial charge in [-0.05, 0) is 18.6 Å². The van der Waals surface area contributed by atoms with Gasteiger partial charge in [-0.25, -0.2) is 4.39 Å². The summed E-state index contributed by atoms with van der Waals surface area (Å²) in [4.78, 5) is 3.75. The highest BCUT2D eigenvalue weighted by molar-refractivity contribution is 5.87. The van der Waals surface area contributed by atoms with E-state index >= 15 is 0 Å². The molecule has 0 radical (unpaired) electrons. The molecule has 0 fully saturated rings. The van der Waals surface area contributed by atoms with Gasteiger partial charge in [0.05, 0.1) is 17.5 Å². The molecule has 4 nitrogen and oxygen atoms in total. The van der Waals surface area contributed by atoms with Crippen molar-refractivity contribution in [2.75, 3.05) is 5.73 Å². The molecule has 0 saturated heterocycles. The Morgan fingerprint density at radius 1 is 1.15 bits per heavy atom. The van der Waals surface area contributed by atoms with E-state index in [-0.39, 0.29) is 0 Å². The average molecular weight is 268 g/mol. The molecule has 5 heteroatoms. The summed E-state index contributed by atoms with van der Waals surface area (Å²) in [6.07, 6.45) is 2.71. The number of nitrogens with zero attached hydrogens (tertiary/aromatic N) is 2. The number of anilines is 1. The number of benzene rings is 1. The predicted octanol–water partition coefficient (Wildman–Crippen LogP) is 3.17. The van der Waals surface area contributed by atoms with Gasteiger partial charge >= 0.3 is 0 Å². The van der Waals surface area contributed by atoms with Gasteiger partial charge in [0, 0.05) is 11.8 Å². The maximum Gasteiger partial charge on any atom is 0.153 e. The van der Waals surface area contributed by atoms with E-state index in [9.17, 15) is 4.39 Å². The number of nitrogens with two attached hydrogens (primary N) is 1. The van der Waals surface area contributed by atoms with Gasteiger partial charge < -0.3 is 5.73 Å². The lowest BCUT2D eigenvalue weighted by Crippen LogP contribution is -1.91. The first-order chi connectivity index (χ1) is 9.66. The molecular weight excluding hydrogens is 255 g/mol. The number of aromatic amines is 1. The van der Waals surface area contributed by atoms with Gasteiger partial charge in [0.1, 0.15) is 0 Å². The van der Waals surface area contributed by atoms with Crippen LogP contribution in [0.4, 0.5) is 10.2 Å². The molecule has 0 saturated carbocycles. The number of halogens is 1. The molecule has 0 atom stereocenters. The Balaban J connectivity index is 2.20. The summed E-state index contributed by atoms with van der Waals surface area (Å²) in [7, 11) is 0. The van der Waals surface area contributed by atoms with E-state index in [1.165, 1.54) is 12.4 Å². The highest BCUT2D eigenvalue weighted by atomic mass is 19.1. The van der Waals surface area contributed by atoms with E-state index in [1.807, 2.05) is 31.2 Å². The first kappa shape index (κ1) is 12.3. The first-order valence-corrected chi connectivity index (χ1v) is 6.17. The van der Waals surface area contributed by atoms with Crippen LogP contribution in [0.25, 0.3) is 22.4 Å². The molecule has 2 heterocycles. The van der Waals surface area contributed by atoms with Crippen molar-refractivity contribution >= 4 is 5.82 Å². The summed E-state index contributed by atoms with van der Waals surface area (Å²) in [6, 6.07) is 9.45. The van der Waals surface area contributed by atoms with Crippen LogP contribution in [0.3, 0.4) is 0 Å². The third-order valence-corrected chi connectivity index (χ3v) is 3.18. The minimum atomic E-state index is -0.412. The van der Waals surface area contributed by atoms with Crippen LogP contribution in [0.15, 0.2) is 42.7 Å². The lowest BCUT2D eigenvalue weighted by molar-refractivity contribution is 0.624. The van der Waals surface area contributed by atoms with Crippen molar-refractivity contribution in [3.63, 3.8) is 0 Å². The van der Waals surface area contributed by atoms with Gasteiger partial charge in [-0.3, -0.25) is 10.1 Å². The zero-order chi connectivity index (χ0) is 14.1. The number of nitrogens with one attached hydrogen (secondary N) is 1. The molecule has 0 unspecified atom stereocenters. The molecule has 0 bridgehead atoms. The van der Waals surface area contributed by atoms with Crippen LogP contribution in [0, 0.1) is 12.7 Å². The Bertz CT molecular complexity index is 747. The number of rotatable bonds is 2. The minimum absolute atomic E-state index is 0.347. The molecule has 0 aliphatic rings. The summed E-state index contributed by atoms with van der Waals surface area (Å²) in [6.45, 7) is 2.01. The molecular formula is C15H13FN4. The molecule has 0 amide bonds. The van der Waals surface area contributed by atoms with Crippen LogP contribution in [-0.4, -0.2) is 15.2 Å². The van der Waals surface area contributed by atoms with Crippen LogP contribution in [0.5, 0.6) is 0 Å². The Kier molecular flexibility index (Phi) is 2.95. The Hall–Kier alpha value is -2.69. The number of hydrogen-bond donors (Lipinski definition) is 2. The molecule has 3 aromatic rings. The standard InChI is InChI=1S/C15H13FN4/c1-9-2-4-10(5-3-9)13-14(19-20-15(13)17)11-6-7-18-8-12(11)16/h2-8H,1H3,(H3,17,19,20). The summed E-state index contributed by atoms with van der Waals surface area (Å²) in [5.41, 5.74) is 9.63. The third kappa shape index (κ3) is 2.03. The van der Waals surface area contributed by atoms with E-state index in [2.05, 4.69) is 15.2 Å². The molecule has 1 aromatic carbocycles. The fourth-order valence-electron chi connectivity index (χ4n) is 2.14. The number of hydrogen-bond acceptors (Lipinski definition) is 3. The van der Waals surface area contributed by atoms with Crippen molar-refractivity contribution in [3.8, 4) is 22.4 Å². The molecule has 20 heavy (non-hydrogen) atoms. The topological polar surface area (TPSA) is 67.6 Å². The number of aromatic nitrogens is 3. The highest BCUT2D eigenvalue weighted by Gasteiger charge is 2.17. The smallest absolute Gasteiger partial charge is 0.153 e. The van der Waals surface area contributed by atoms with E-state index in [4.69, 9.17) is 5.73 Å². The van der Waals surface area contributed by atoms with Gasteiger partial charge in [0.25, 0.3) is 0 Å². The largest absolute Gasteiger partial charge is 0.382 e. The van der Waals surface area contributed by atoms with Gasteiger partial charge in [-0.2, -0.15) is 5.10 Å². The number of aryl methyl sites for hydroxylation is 1. The summed E-state index contributed by atoms with van der Waals surface area (Å²) in [5, 5.41) is 6.80. The van der Waals surface area contributed by atoms with E-state index in [0.29, 0.717) is 22.6 Å². The van der Waals surface area contributed by atoms with Crippen molar-refractivity contribution in [2.24, 2.45) is 0 Å². The zero-order valence-corrected chi connectivity index (χ0v) is 10.9. The Morgan fingerprint density at radius 2 is 1.90 bits per heavy atom. The summed E-state index contributed by atoms with van der Waals surface area (Å²) < 4.78 is 13.9. The molecule has 100 valence electrons. The second-order valence-corrected chi connectivity index (χ2v) is 4.58. The van der Waals surface area contributed by atoms with E-state index < -0.39 is 5.82 Å². The van der Waals surface area contributed by atoms with Gasteiger partial charge in [-0.15, -0.1) is 0 Å². The van der Waals surface area contributed by atoms with Crippen LogP contribution in [-0.2, 0) is 0 Å². The fourth-order valence-corrected chi connectivity index (χ4v) is 2.14. The number of pyridine rings is 1. The van der Waals surface area contributed by atoms with Crippen molar-refractivity contribution in [2.45, 2.75) is 6.92 Å². The summed E-state index contributed by atoms with van der Waals surface area (Å²) in [5.74, 6) is -0.0652.